The van der Waals surface area contributed by atoms with Gasteiger partial charge in [0.1, 0.15) is 5.17 Å². The zero-order valence-electron chi connectivity index (χ0n) is 5.42. The minimum atomic E-state index is 0.635. The second kappa shape index (κ2) is 2.13. The zero-order valence-corrected chi connectivity index (χ0v) is 6.17. The molecule has 1 aliphatic heterocycles. The summed E-state index contributed by atoms with van der Waals surface area (Å²) in [5.41, 5.74) is 1.04. The Morgan fingerprint density at radius 2 is 2.50 bits per heavy atom. The van der Waals surface area contributed by atoms with Gasteiger partial charge in [0.05, 0.1) is 12.2 Å². The van der Waals surface area contributed by atoms with Crippen LogP contribution in [0.25, 0.3) is 0 Å². The van der Waals surface area contributed by atoms with Crippen LogP contribution in [-0.4, -0.2) is 16.3 Å². The van der Waals surface area contributed by atoms with Gasteiger partial charge in [-0.3, -0.25) is 4.99 Å². The van der Waals surface area contributed by atoms with Crippen molar-refractivity contribution in [1.29, 1.82) is 0 Å². The molecule has 2 nitrogen and oxygen atoms in total. The third kappa shape index (κ3) is 0.762. The van der Waals surface area contributed by atoms with Gasteiger partial charge < -0.3 is 4.57 Å². The van der Waals surface area contributed by atoms with Gasteiger partial charge in [0.25, 0.3) is 0 Å². The molecule has 0 unspecified atom stereocenters. The highest BCUT2D eigenvalue weighted by Crippen LogP contribution is 2.11. The molecule has 0 bridgehead atoms. The third-order valence-electron chi connectivity index (χ3n) is 1.63. The summed E-state index contributed by atoms with van der Waals surface area (Å²) in [5, 5.41) is 0.635. The van der Waals surface area contributed by atoms with Crippen molar-refractivity contribution >= 4 is 16.8 Å². The zero-order chi connectivity index (χ0) is 6.97. The molecule has 2 heterocycles. The van der Waals surface area contributed by atoms with Gasteiger partial charge in [0, 0.05) is 12.7 Å². The van der Waals surface area contributed by atoms with Gasteiger partial charge in [-0.15, -0.1) is 0 Å². The number of aromatic nitrogens is 1. The van der Waals surface area contributed by atoms with Crippen LogP contribution >= 0.6 is 11.6 Å². The van der Waals surface area contributed by atoms with Crippen LogP contribution in [0.5, 0.6) is 0 Å². The fraction of sp³-hybridized carbons (Fsp3) is 0.286. The molecule has 0 radical (unpaired) electrons. The number of aliphatic imine (C=N–C) groups is 1. The van der Waals surface area contributed by atoms with E-state index in [0.717, 1.165) is 18.8 Å². The number of hydrogen-bond donors (Lipinski definition) is 0. The van der Waals surface area contributed by atoms with Gasteiger partial charge in [0.15, 0.2) is 0 Å². The molecule has 52 valence electrons. The van der Waals surface area contributed by atoms with Crippen LogP contribution in [-0.2, 0) is 6.54 Å². The molecule has 1 aliphatic rings. The molecule has 0 amide bonds. The third-order valence-corrected chi connectivity index (χ3v) is 1.95. The van der Waals surface area contributed by atoms with E-state index in [1.807, 2.05) is 18.3 Å². The Hall–Kier alpha value is -0.760. The molecule has 1 aromatic rings. The molecule has 0 fully saturated rings. The second-order valence-electron chi connectivity index (χ2n) is 2.26. The van der Waals surface area contributed by atoms with Crippen LogP contribution < -0.4 is 0 Å². The molecule has 3 heteroatoms. The summed E-state index contributed by atoms with van der Waals surface area (Å²) in [6.45, 7) is 1.76. The van der Waals surface area contributed by atoms with Crippen LogP contribution in [0, 0.1) is 0 Å². The highest BCUT2D eigenvalue weighted by atomic mass is 35.5. The normalized spacial score (nSPS) is 16.3. The lowest BCUT2D eigenvalue weighted by atomic mass is 10.4. The van der Waals surface area contributed by atoms with E-state index < -0.39 is 0 Å². The summed E-state index contributed by atoms with van der Waals surface area (Å²) >= 11 is 5.82. The molecule has 1 aromatic heterocycles. The maximum Gasteiger partial charge on any atom is 0.147 e. The first-order valence-electron chi connectivity index (χ1n) is 3.23. The fourth-order valence-corrected chi connectivity index (χ4v) is 1.39. The van der Waals surface area contributed by atoms with Gasteiger partial charge in [0.2, 0.25) is 0 Å². The van der Waals surface area contributed by atoms with Gasteiger partial charge in [-0.25, -0.2) is 0 Å². The lowest BCUT2D eigenvalue weighted by Crippen LogP contribution is -2.13. The highest BCUT2D eigenvalue weighted by Gasteiger charge is 2.08. The molecule has 0 aliphatic carbocycles. The molecule has 10 heavy (non-hydrogen) atoms. The summed E-state index contributed by atoms with van der Waals surface area (Å²) in [7, 11) is 0. The molecule has 0 spiro atoms. The smallest absolute Gasteiger partial charge is 0.147 e. The number of fused-ring (bicyclic) bond motifs is 1. The maximum atomic E-state index is 5.82. The Balaban J connectivity index is 2.55. The Kier molecular flexibility index (Phi) is 1.27. The van der Waals surface area contributed by atoms with Crippen LogP contribution in [0.1, 0.15) is 5.69 Å². The number of hydrogen-bond acceptors (Lipinski definition) is 1. The van der Waals surface area contributed by atoms with Gasteiger partial charge in [-0.05, 0) is 12.1 Å². The van der Waals surface area contributed by atoms with Crippen molar-refractivity contribution in [2.75, 3.05) is 6.54 Å². The van der Waals surface area contributed by atoms with Crippen molar-refractivity contribution in [3.8, 4) is 0 Å². The molecule has 0 saturated carbocycles. The average Bonchev–Trinajstić information content (AvgIpc) is 2.36. The standard InChI is InChI=1S/C7H7ClN2/c8-7-6-2-1-4-10(6)5-3-9-7/h1-2,4H,3,5H2. The largest absolute Gasteiger partial charge is 0.344 e. The predicted molar refractivity (Wildman–Crippen MR) is 41.7 cm³/mol. The maximum absolute atomic E-state index is 5.82. The minimum absolute atomic E-state index is 0.635. The van der Waals surface area contributed by atoms with Crippen LogP contribution in [0.2, 0.25) is 0 Å². The van der Waals surface area contributed by atoms with E-state index in [1.165, 1.54) is 0 Å². The first-order valence-corrected chi connectivity index (χ1v) is 3.61. The van der Waals surface area contributed by atoms with Crippen molar-refractivity contribution in [2.45, 2.75) is 6.54 Å². The predicted octanol–water partition coefficient (Wildman–Crippen LogP) is 1.49. The highest BCUT2D eigenvalue weighted by molar-refractivity contribution is 6.69. The Morgan fingerprint density at radius 3 is 3.30 bits per heavy atom. The van der Waals surface area contributed by atoms with Gasteiger partial charge >= 0.3 is 0 Å². The van der Waals surface area contributed by atoms with Crippen molar-refractivity contribution in [3.05, 3.63) is 24.0 Å². The van der Waals surface area contributed by atoms with E-state index in [9.17, 15) is 0 Å². The summed E-state index contributed by atoms with van der Waals surface area (Å²) in [5.74, 6) is 0. The van der Waals surface area contributed by atoms with Crippen molar-refractivity contribution in [1.82, 2.24) is 4.57 Å². The van der Waals surface area contributed by atoms with E-state index in [-0.39, 0.29) is 0 Å². The van der Waals surface area contributed by atoms with Crippen molar-refractivity contribution < 1.29 is 0 Å². The van der Waals surface area contributed by atoms with Crippen LogP contribution in [0.15, 0.2) is 23.3 Å². The molecule has 0 aromatic carbocycles. The lowest BCUT2D eigenvalue weighted by Gasteiger charge is -2.10. The summed E-state index contributed by atoms with van der Waals surface area (Å²) in [6.07, 6.45) is 2.02. The monoisotopic (exact) mass is 154 g/mol. The van der Waals surface area contributed by atoms with E-state index in [0.29, 0.717) is 5.17 Å². The SMILES string of the molecule is ClC1=NCCn2cccc21. The lowest BCUT2D eigenvalue weighted by molar-refractivity contribution is 0.693. The Bertz CT molecular complexity index is 275. The van der Waals surface area contributed by atoms with E-state index in [4.69, 9.17) is 11.6 Å². The minimum Gasteiger partial charge on any atom is -0.344 e. The van der Waals surface area contributed by atoms with Gasteiger partial charge in [-0.2, -0.15) is 0 Å². The quantitative estimate of drug-likeness (QED) is 0.539. The van der Waals surface area contributed by atoms with E-state index in [2.05, 4.69) is 9.56 Å². The summed E-state index contributed by atoms with van der Waals surface area (Å²) in [4.78, 5) is 4.10. The van der Waals surface area contributed by atoms with Crippen LogP contribution in [0.4, 0.5) is 0 Å². The summed E-state index contributed by atoms with van der Waals surface area (Å²) < 4.78 is 2.11. The molecular formula is C7H7ClN2. The number of rotatable bonds is 0. The molecule has 2 rings (SSSR count). The average molecular weight is 155 g/mol. The Labute approximate surface area is 64.1 Å². The topological polar surface area (TPSA) is 17.3 Å². The van der Waals surface area contributed by atoms with E-state index >= 15 is 0 Å². The first kappa shape index (κ1) is 5.98. The molecule has 0 atom stereocenters. The van der Waals surface area contributed by atoms with Gasteiger partial charge in [-0.1, -0.05) is 11.6 Å². The van der Waals surface area contributed by atoms with Crippen molar-refractivity contribution in [3.63, 3.8) is 0 Å². The molecular weight excluding hydrogens is 148 g/mol. The van der Waals surface area contributed by atoms with Crippen LogP contribution in [0.3, 0.4) is 0 Å². The molecule has 0 N–H and O–H groups in total. The fourth-order valence-electron chi connectivity index (χ4n) is 1.13. The first-order chi connectivity index (χ1) is 4.88. The number of halogens is 1. The summed E-state index contributed by atoms with van der Waals surface area (Å²) in [6, 6.07) is 3.96. The molecule has 0 saturated heterocycles. The number of nitrogens with zero attached hydrogens (tertiary/aromatic N) is 2. The second-order valence-corrected chi connectivity index (χ2v) is 2.62. The van der Waals surface area contributed by atoms with E-state index in [1.54, 1.807) is 0 Å². The van der Waals surface area contributed by atoms with Crippen molar-refractivity contribution in [2.24, 2.45) is 4.99 Å². The Morgan fingerprint density at radius 1 is 1.60 bits per heavy atom.